The highest BCUT2D eigenvalue weighted by Crippen LogP contribution is 2.11. The first-order valence-corrected chi connectivity index (χ1v) is 5.86. The van der Waals surface area contributed by atoms with Crippen molar-refractivity contribution in [2.45, 2.75) is 6.54 Å². The first kappa shape index (κ1) is 11.5. The molecule has 3 aromatic rings. The lowest BCUT2D eigenvalue weighted by atomic mass is 10.3. The minimum absolute atomic E-state index is 0.332. The van der Waals surface area contributed by atoms with Crippen LogP contribution in [-0.4, -0.2) is 21.6 Å². The van der Waals surface area contributed by atoms with E-state index in [1.165, 1.54) is 4.57 Å². The van der Waals surface area contributed by atoms with Gasteiger partial charge in [0.1, 0.15) is 5.82 Å². The molecule has 0 aliphatic rings. The van der Waals surface area contributed by atoms with Gasteiger partial charge in [-0.3, -0.25) is 4.57 Å². The van der Waals surface area contributed by atoms with E-state index in [2.05, 4.69) is 15.3 Å². The minimum atomic E-state index is -0.426. The van der Waals surface area contributed by atoms with Crippen LogP contribution in [0.15, 0.2) is 45.7 Å². The summed E-state index contributed by atoms with van der Waals surface area (Å²) in [5.41, 5.74) is 1.78. The summed E-state index contributed by atoms with van der Waals surface area (Å²) >= 11 is 0. The van der Waals surface area contributed by atoms with E-state index in [0.717, 1.165) is 11.5 Å². The third kappa shape index (κ3) is 2.08. The highest BCUT2D eigenvalue weighted by molar-refractivity contribution is 5.67. The quantitative estimate of drug-likeness (QED) is 0.768. The number of aromatic nitrogens is 3. The second kappa shape index (κ2) is 4.56. The van der Waals surface area contributed by atoms with Gasteiger partial charge in [0.2, 0.25) is 0 Å². The van der Waals surface area contributed by atoms with Gasteiger partial charge in [-0.15, -0.1) is 0 Å². The lowest BCUT2D eigenvalue weighted by Crippen LogP contribution is -2.16. The van der Waals surface area contributed by atoms with E-state index < -0.39 is 5.76 Å². The first-order chi connectivity index (χ1) is 9.28. The van der Waals surface area contributed by atoms with Crippen molar-refractivity contribution in [1.82, 2.24) is 14.5 Å². The molecule has 0 aliphatic carbocycles. The zero-order chi connectivity index (χ0) is 13.2. The summed E-state index contributed by atoms with van der Waals surface area (Å²) < 4.78 is 6.60. The van der Waals surface area contributed by atoms with E-state index in [0.29, 0.717) is 17.8 Å². The molecule has 1 N–H and O–H groups in total. The Morgan fingerprint density at radius 3 is 3.05 bits per heavy atom. The summed E-state index contributed by atoms with van der Waals surface area (Å²) in [6.07, 6.45) is 1.63. The third-order valence-electron chi connectivity index (χ3n) is 2.81. The van der Waals surface area contributed by atoms with Crippen molar-refractivity contribution in [3.63, 3.8) is 0 Å². The van der Waals surface area contributed by atoms with E-state index >= 15 is 0 Å². The largest absolute Gasteiger partial charge is 0.421 e. The number of anilines is 1. The fourth-order valence-electron chi connectivity index (χ4n) is 1.91. The lowest BCUT2D eigenvalue weighted by Gasteiger charge is -2.04. The van der Waals surface area contributed by atoms with Gasteiger partial charge in [-0.2, -0.15) is 0 Å². The number of nitrogens with zero attached hydrogens (tertiary/aromatic N) is 3. The molecule has 0 saturated carbocycles. The fraction of sp³-hybridized carbons (Fsp3) is 0.154. The van der Waals surface area contributed by atoms with Crippen molar-refractivity contribution in [2.75, 3.05) is 12.4 Å². The Balaban J connectivity index is 2.05. The van der Waals surface area contributed by atoms with Gasteiger partial charge < -0.3 is 9.73 Å². The Morgan fingerprint density at radius 2 is 2.21 bits per heavy atom. The lowest BCUT2D eigenvalue weighted by molar-refractivity contribution is 0.516. The van der Waals surface area contributed by atoms with E-state index in [4.69, 9.17) is 4.42 Å². The highest BCUT2D eigenvalue weighted by atomic mass is 16.4. The Hall–Kier alpha value is -2.63. The van der Waals surface area contributed by atoms with Crippen LogP contribution in [0.25, 0.3) is 11.2 Å². The van der Waals surface area contributed by atoms with Gasteiger partial charge in [-0.1, -0.05) is 6.07 Å². The van der Waals surface area contributed by atoms with E-state index in [1.54, 1.807) is 25.4 Å². The predicted molar refractivity (Wildman–Crippen MR) is 71.2 cm³/mol. The van der Waals surface area contributed by atoms with Crippen LogP contribution in [0.5, 0.6) is 0 Å². The van der Waals surface area contributed by atoms with Gasteiger partial charge in [0, 0.05) is 13.2 Å². The summed E-state index contributed by atoms with van der Waals surface area (Å²) in [7, 11) is 1.80. The number of hydrogen-bond acceptors (Lipinski definition) is 5. The molecule has 96 valence electrons. The molecule has 0 amide bonds. The van der Waals surface area contributed by atoms with Crippen LogP contribution in [0.2, 0.25) is 0 Å². The van der Waals surface area contributed by atoms with Crippen LogP contribution >= 0.6 is 0 Å². The maximum absolute atomic E-state index is 11.8. The van der Waals surface area contributed by atoms with Gasteiger partial charge in [0.05, 0.1) is 12.2 Å². The molecule has 19 heavy (non-hydrogen) atoms. The van der Waals surface area contributed by atoms with Crippen LogP contribution < -0.4 is 11.1 Å². The number of nitrogens with one attached hydrogen (secondary N) is 1. The van der Waals surface area contributed by atoms with Crippen molar-refractivity contribution in [3.8, 4) is 0 Å². The molecule has 0 saturated heterocycles. The molecule has 3 rings (SSSR count). The molecular weight excluding hydrogens is 244 g/mol. The standard InChI is InChI=1S/C13H12N4O2/c1-14-11-6-2-4-9(16-11)8-17-12-10(19-13(17)18)5-3-7-15-12/h2-7H,8H2,1H3,(H,14,16). The number of pyridine rings is 2. The van der Waals surface area contributed by atoms with Gasteiger partial charge >= 0.3 is 5.76 Å². The summed E-state index contributed by atoms with van der Waals surface area (Å²) in [6.45, 7) is 0.332. The molecule has 0 aromatic carbocycles. The number of oxazole rings is 1. The van der Waals surface area contributed by atoms with Crippen molar-refractivity contribution in [2.24, 2.45) is 0 Å². The molecular formula is C13H12N4O2. The van der Waals surface area contributed by atoms with Crippen LogP contribution in [0.4, 0.5) is 5.82 Å². The third-order valence-corrected chi connectivity index (χ3v) is 2.81. The van der Waals surface area contributed by atoms with Gasteiger partial charge in [0.15, 0.2) is 11.2 Å². The second-order valence-corrected chi connectivity index (χ2v) is 4.04. The van der Waals surface area contributed by atoms with Gasteiger partial charge in [0.25, 0.3) is 0 Å². The minimum Gasteiger partial charge on any atom is -0.406 e. The number of fused-ring (bicyclic) bond motifs is 1. The molecule has 0 unspecified atom stereocenters. The molecule has 0 fully saturated rings. The van der Waals surface area contributed by atoms with Crippen molar-refractivity contribution in [1.29, 1.82) is 0 Å². The monoisotopic (exact) mass is 256 g/mol. The molecule has 0 radical (unpaired) electrons. The zero-order valence-corrected chi connectivity index (χ0v) is 10.3. The topological polar surface area (TPSA) is 73.0 Å². The highest BCUT2D eigenvalue weighted by Gasteiger charge is 2.10. The van der Waals surface area contributed by atoms with E-state index in [9.17, 15) is 4.79 Å². The fourth-order valence-corrected chi connectivity index (χ4v) is 1.91. The number of hydrogen-bond donors (Lipinski definition) is 1. The Morgan fingerprint density at radius 1 is 1.32 bits per heavy atom. The molecule has 3 aromatic heterocycles. The molecule has 6 nitrogen and oxygen atoms in total. The van der Waals surface area contributed by atoms with Crippen molar-refractivity contribution < 1.29 is 4.42 Å². The maximum Gasteiger partial charge on any atom is 0.421 e. The van der Waals surface area contributed by atoms with Gasteiger partial charge in [-0.25, -0.2) is 14.8 Å². The van der Waals surface area contributed by atoms with E-state index in [-0.39, 0.29) is 0 Å². The van der Waals surface area contributed by atoms with Crippen LogP contribution in [0.1, 0.15) is 5.69 Å². The van der Waals surface area contributed by atoms with Crippen LogP contribution in [0.3, 0.4) is 0 Å². The normalized spacial score (nSPS) is 10.8. The molecule has 0 atom stereocenters. The molecule has 0 spiro atoms. The number of rotatable bonds is 3. The molecule has 6 heteroatoms. The average Bonchev–Trinajstić information content (AvgIpc) is 2.76. The Bertz CT molecular complexity index is 775. The Kier molecular flexibility index (Phi) is 2.75. The van der Waals surface area contributed by atoms with E-state index in [1.807, 2.05) is 18.2 Å². The SMILES string of the molecule is CNc1cccc(Cn2c(=O)oc3cccnc32)n1. The molecule has 3 heterocycles. The summed E-state index contributed by atoms with van der Waals surface area (Å²) in [5, 5.41) is 2.96. The van der Waals surface area contributed by atoms with Crippen molar-refractivity contribution >= 4 is 17.0 Å². The zero-order valence-electron chi connectivity index (χ0n) is 10.3. The summed E-state index contributed by atoms with van der Waals surface area (Å²) in [6, 6.07) is 9.05. The Labute approximate surface area is 108 Å². The second-order valence-electron chi connectivity index (χ2n) is 4.04. The average molecular weight is 256 g/mol. The van der Waals surface area contributed by atoms with Crippen molar-refractivity contribution in [3.05, 3.63) is 52.8 Å². The van der Waals surface area contributed by atoms with Crippen LogP contribution in [-0.2, 0) is 6.54 Å². The van der Waals surface area contributed by atoms with Gasteiger partial charge in [-0.05, 0) is 24.3 Å². The maximum atomic E-state index is 11.8. The molecule has 0 bridgehead atoms. The smallest absolute Gasteiger partial charge is 0.406 e. The van der Waals surface area contributed by atoms with Crippen LogP contribution in [0, 0.1) is 0 Å². The summed E-state index contributed by atoms with van der Waals surface area (Å²) in [4.78, 5) is 20.4. The first-order valence-electron chi connectivity index (χ1n) is 5.86. The molecule has 0 aliphatic heterocycles. The predicted octanol–water partition coefficient (Wildman–Crippen LogP) is 1.47. The summed E-state index contributed by atoms with van der Waals surface area (Å²) in [5.74, 6) is 0.330.